The summed E-state index contributed by atoms with van der Waals surface area (Å²) in [5, 5.41) is 0. The van der Waals surface area contributed by atoms with Gasteiger partial charge in [-0.2, -0.15) is 0 Å². The van der Waals surface area contributed by atoms with Crippen LogP contribution in [0, 0.1) is 0 Å². The molecule has 0 aliphatic heterocycles. The monoisotopic (exact) mass is 1310 g/mol. The standard InChI is InChI=1S/C83H136NO8P/c1-3-5-7-9-11-13-15-17-19-21-23-25-27-29-31-33-35-37-38-39-40-41-42-44-45-47-49-51-53-55-57-59-61-63-65-67-69-71-73-75-82(85)89-79-81(80-91-93(87,88)90-78-77-84)92-83(86)76-74-72-70-68-66-64-62-60-58-56-54-52-50-48-46-43-36-34-32-30-28-26-24-22-20-18-16-14-12-10-8-6-4-2/h5-8,11-14,17-20,23-26,29-32,35-37,39-40,43,48,50,54,56,81H,3-4,9-10,15-16,21-22,27-28,33-34,38,41-42,44-47,49,51-53,55,57-80,84H2,1-2H3,(H,87,88)/b7-5-,8-6-,13-11-,14-12-,19-17-,20-18-,25-23-,26-24-,31-29-,32-30-,37-35-,40-39-,43-36-,50-48-,56-54-. The zero-order chi connectivity index (χ0) is 67.2. The molecular formula is C83H136NO8P. The summed E-state index contributed by atoms with van der Waals surface area (Å²) >= 11 is 0. The van der Waals surface area contributed by atoms with Crippen molar-refractivity contribution < 1.29 is 37.6 Å². The lowest BCUT2D eigenvalue weighted by atomic mass is 10.0. The quantitative estimate of drug-likeness (QED) is 0.0264. The summed E-state index contributed by atoms with van der Waals surface area (Å²) in [7, 11) is -4.41. The number of esters is 2. The average molecular weight is 1310 g/mol. The van der Waals surface area contributed by atoms with Crippen LogP contribution in [0.2, 0.25) is 0 Å². The SMILES string of the molecule is CC/C=C\C/C=C\C/C=C\C/C=C\C/C=C\C/C=C\C/C=C\C/C=C\CCCCCCCCCCC(=O)OC(COC(=O)CCCCCCCCCCCCCCCCCCC/C=C\C/C=C\C/C=C\C/C=C\C/C=C\C/C=C\C/C=C\CC)COP(=O)(O)OCCN. The molecule has 0 spiro atoms. The van der Waals surface area contributed by atoms with Crippen LogP contribution in [-0.4, -0.2) is 49.3 Å². The zero-order valence-corrected chi connectivity index (χ0v) is 60.1. The van der Waals surface area contributed by atoms with E-state index < -0.39 is 26.5 Å². The summed E-state index contributed by atoms with van der Waals surface area (Å²) in [6.07, 6.45) is 114. The minimum absolute atomic E-state index is 0.0444. The van der Waals surface area contributed by atoms with Gasteiger partial charge in [-0.3, -0.25) is 18.6 Å². The number of nitrogens with two attached hydrogens (primary N) is 1. The molecule has 0 saturated heterocycles. The second-order valence-corrected chi connectivity index (χ2v) is 25.5. The summed E-state index contributed by atoms with van der Waals surface area (Å²) < 4.78 is 33.2. The predicted octanol–water partition coefficient (Wildman–Crippen LogP) is 25.1. The third-order valence-corrected chi connectivity index (χ3v) is 16.3. The maximum Gasteiger partial charge on any atom is 0.472 e. The summed E-state index contributed by atoms with van der Waals surface area (Å²) in [5.74, 6) is -0.841. The van der Waals surface area contributed by atoms with E-state index in [0.29, 0.717) is 6.42 Å². The van der Waals surface area contributed by atoms with E-state index in [-0.39, 0.29) is 38.6 Å². The Hall–Kier alpha value is -4.89. The third-order valence-electron chi connectivity index (χ3n) is 15.3. The second kappa shape index (κ2) is 76.1. The van der Waals surface area contributed by atoms with Gasteiger partial charge >= 0.3 is 19.8 Å². The largest absolute Gasteiger partial charge is 0.472 e. The van der Waals surface area contributed by atoms with E-state index >= 15 is 0 Å². The number of carbonyl (C=O) groups excluding carboxylic acids is 2. The van der Waals surface area contributed by atoms with E-state index in [0.717, 1.165) is 141 Å². The molecule has 0 aromatic rings. The second-order valence-electron chi connectivity index (χ2n) is 24.0. The van der Waals surface area contributed by atoms with Crippen molar-refractivity contribution in [1.82, 2.24) is 0 Å². The Balaban J connectivity index is 3.92. The fourth-order valence-electron chi connectivity index (χ4n) is 9.87. The number of hydrogen-bond donors (Lipinski definition) is 2. The number of hydrogen-bond acceptors (Lipinski definition) is 8. The molecule has 0 bridgehead atoms. The molecule has 0 aromatic carbocycles. The highest BCUT2D eigenvalue weighted by Crippen LogP contribution is 2.43. The first-order chi connectivity index (χ1) is 45.8. The molecule has 2 unspecified atom stereocenters. The Morgan fingerprint density at radius 2 is 0.559 bits per heavy atom. The Morgan fingerprint density at radius 1 is 0.323 bits per heavy atom. The molecule has 0 aromatic heterocycles. The first kappa shape index (κ1) is 88.1. The van der Waals surface area contributed by atoms with Crippen molar-refractivity contribution in [3.8, 4) is 0 Å². The molecule has 0 fully saturated rings. The Labute approximate surface area is 571 Å². The van der Waals surface area contributed by atoms with Gasteiger partial charge in [0.05, 0.1) is 13.2 Å². The van der Waals surface area contributed by atoms with Gasteiger partial charge in [0, 0.05) is 19.4 Å². The van der Waals surface area contributed by atoms with Crippen molar-refractivity contribution >= 4 is 19.8 Å². The number of phosphoric acid groups is 1. The zero-order valence-electron chi connectivity index (χ0n) is 59.2. The van der Waals surface area contributed by atoms with Crippen LogP contribution in [0.4, 0.5) is 0 Å². The molecule has 2 atom stereocenters. The summed E-state index contributed by atoms with van der Waals surface area (Å²) in [6.45, 7) is 3.51. The topological polar surface area (TPSA) is 134 Å². The maximum atomic E-state index is 12.8. The fourth-order valence-corrected chi connectivity index (χ4v) is 10.6. The number of unbranched alkanes of at least 4 members (excludes halogenated alkanes) is 25. The van der Waals surface area contributed by atoms with E-state index in [1.54, 1.807) is 0 Å². The summed E-state index contributed by atoms with van der Waals surface area (Å²) in [6, 6.07) is 0. The first-order valence-electron chi connectivity index (χ1n) is 37.3. The highest BCUT2D eigenvalue weighted by Gasteiger charge is 2.26. The Kier molecular flexibility index (Phi) is 72.1. The molecule has 3 N–H and O–H groups in total. The van der Waals surface area contributed by atoms with Crippen molar-refractivity contribution in [2.75, 3.05) is 26.4 Å². The normalized spacial score (nSPS) is 14.0. The van der Waals surface area contributed by atoms with Crippen LogP contribution >= 0.6 is 7.82 Å². The minimum Gasteiger partial charge on any atom is -0.462 e. The van der Waals surface area contributed by atoms with Crippen molar-refractivity contribution in [3.05, 3.63) is 182 Å². The van der Waals surface area contributed by atoms with Crippen molar-refractivity contribution in [1.29, 1.82) is 0 Å². The van der Waals surface area contributed by atoms with Crippen LogP contribution in [0.5, 0.6) is 0 Å². The molecule has 0 saturated carbocycles. The summed E-state index contributed by atoms with van der Waals surface area (Å²) in [5.41, 5.74) is 5.41. The number of carbonyl (C=O) groups is 2. The van der Waals surface area contributed by atoms with Gasteiger partial charge in [-0.1, -0.05) is 331 Å². The summed E-state index contributed by atoms with van der Waals surface area (Å²) in [4.78, 5) is 35.4. The molecule has 9 nitrogen and oxygen atoms in total. The van der Waals surface area contributed by atoms with Gasteiger partial charge in [-0.05, 0) is 135 Å². The van der Waals surface area contributed by atoms with E-state index in [4.69, 9.17) is 24.3 Å². The molecule has 0 rings (SSSR count). The lowest BCUT2D eigenvalue weighted by Gasteiger charge is -2.19. The average Bonchev–Trinajstić information content (AvgIpc) is 3.32. The smallest absolute Gasteiger partial charge is 0.462 e. The molecule has 0 heterocycles. The van der Waals surface area contributed by atoms with E-state index in [9.17, 15) is 19.0 Å². The van der Waals surface area contributed by atoms with Gasteiger partial charge in [-0.15, -0.1) is 0 Å². The van der Waals surface area contributed by atoms with Crippen molar-refractivity contribution in [2.24, 2.45) is 5.73 Å². The van der Waals surface area contributed by atoms with Crippen LogP contribution < -0.4 is 5.73 Å². The lowest BCUT2D eigenvalue weighted by Crippen LogP contribution is -2.29. The molecule has 10 heteroatoms. The number of rotatable bonds is 68. The van der Waals surface area contributed by atoms with E-state index in [2.05, 4.69) is 196 Å². The number of ether oxygens (including phenoxy) is 2. The van der Waals surface area contributed by atoms with Gasteiger partial charge in [0.25, 0.3) is 0 Å². The van der Waals surface area contributed by atoms with Crippen LogP contribution in [0.25, 0.3) is 0 Å². The highest BCUT2D eigenvalue weighted by atomic mass is 31.2. The lowest BCUT2D eigenvalue weighted by molar-refractivity contribution is -0.161. The van der Waals surface area contributed by atoms with Crippen LogP contribution in [0.15, 0.2) is 182 Å². The molecule has 526 valence electrons. The molecule has 0 radical (unpaired) electrons. The molecule has 0 aliphatic carbocycles. The van der Waals surface area contributed by atoms with Gasteiger partial charge in [-0.25, -0.2) is 4.57 Å². The van der Waals surface area contributed by atoms with Crippen LogP contribution in [-0.2, 0) is 32.7 Å². The third kappa shape index (κ3) is 76.0. The van der Waals surface area contributed by atoms with Gasteiger partial charge in [0.1, 0.15) is 6.61 Å². The maximum absolute atomic E-state index is 12.8. The van der Waals surface area contributed by atoms with Crippen LogP contribution in [0.1, 0.15) is 296 Å². The molecular weight excluding hydrogens is 1170 g/mol. The van der Waals surface area contributed by atoms with Gasteiger partial charge in [0.2, 0.25) is 0 Å². The fraction of sp³-hybridized carbons (Fsp3) is 0.614. The van der Waals surface area contributed by atoms with Gasteiger partial charge < -0.3 is 20.1 Å². The molecule has 0 amide bonds. The van der Waals surface area contributed by atoms with E-state index in [1.807, 2.05) is 0 Å². The number of phosphoric ester groups is 1. The molecule has 93 heavy (non-hydrogen) atoms. The predicted molar refractivity (Wildman–Crippen MR) is 403 cm³/mol. The van der Waals surface area contributed by atoms with Crippen molar-refractivity contribution in [3.63, 3.8) is 0 Å². The Bertz CT molecular complexity index is 2180. The van der Waals surface area contributed by atoms with E-state index in [1.165, 1.54) is 122 Å². The van der Waals surface area contributed by atoms with Gasteiger partial charge in [0.15, 0.2) is 6.10 Å². The Morgan fingerprint density at radius 3 is 0.828 bits per heavy atom. The highest BCUT2D eigenvalue weighted by molar-refractivity contribution is 7.47. The van der Waals surface area contributed by atoms with Crippen molar-refractivity contribution in [2.45, 2.75) is 302 Å². The number of allylic oxidation sites excluding steroid dienone is 30. The molecule has 0 aliphatic rings. The minimum atomic E-state index is -4.41. The first-order valence-corrected chi connectivity index (χ1v) is 38.8. The van der Waals surface area contributed by atoms with Crippen LogP contribution in [0.3, 0.4) is 0 Å².